The van der Waals surface area contributed by atoms with E-state index in [9.17, 15) is 0 Å². The van der Waals surface area contributed by atoms with E-state index in [1.165, 1.54) is 18.4 Å². The molecule has 29 heavy (non-hydrogen) atoms. The molecule has 0 unspecified atom stereocenters. The molecule has 3 aromatic heterocycles. The van der Waals surface area contributed by atoms with E-state index in [0.717, 1.165) is 51.4 Å². The zero-order valence-corrected chi connectivity index (χ0v) is 16.1. The third-order valence-electron chi connectivity index (χ3n) is 6.29. The summed E-state index contributed by atoms with van der Waals surface area (Å²) < 4.78 is 6.11. The number of hydrogen-bond acceptors (Lipinski definition) is 3. The fraction of sp³-hybridized carbons (Fsp3) is 0.200. The minimum Gasteiger partial charge on any atom is -0.438 e. The van der Waals surface area contributed by atoms with Crippen molar-refractivity contribution >= 4 is 40.8 Å². The lowest BCUT2D eigenvalue weighted by molar-refractivity contribution is 0.635. The SMILES string of the molecule is [B]C1(c2ccnc(-c3ccc4c(c3)oc3nc5ccccc5cc34)c2)CCCC1. The van der Waals surface area contributed by atoms with Gasteiger partial charge in [0.1, 0.15) is 5.58 Å². The quantitative estimate of drug-likeness (QED) is 0.349. The van der Waals surface area contributed by atoms with Gasteiger partial charge in [-0.15, -0.1) is 0 Å². The maximum atomic E-state index is 6.66. The number of pyridine rings is 2. The van der Waals surface area contributed by atoms with Crippen LogP contribution in [-0.2, 0) is 5.31 Å². The zero-order valence-electron chi connectivity index (χ0n) is 16.1. The van der Waals surface area contributed by atoms with E-state index >= 15 is 0 Å². The van der Waals surface area contributed by atoms with Gasteiger partial charge in [0.15, 0.2) is 0 Å². The molecule has 2 aromatic carbocycles. The van der Waals surface area contributed by atoms with Gasteiger partial charge in [-0.25, -0.2) is 4.98 Å². The van der Waals surface area contributed by atoms with Gasteiger partial charge in [0, 0.05) is 27.9 Å². The molecule has 1 saturated carbocycles. The molecular weight excluding hydrogens is 355 g/mol. The van der Waals surface area contributed by atoms with Gasteiger partial charge in [-0.1, -0.05) is 49.9 Å². The van der Waals surface area contributed by atoms with Gasteiger partial charge in [-0.05, 0) is 47.3 Å². The fourth-order valence-electron chi connectivity index (χ4n) is 4.65. The van der Waals surface area contributed by atoms with E-state index in [2.05, 4.69) is 47.4 Å². The largest absolute Gasteiger partial charge is 0.438 e. The highest BCUT2D eigenvalue weighted by atomic mass is 16.3. The number of furan rings is 1. The Morgan fingerprint density at radius 2 is 1.76 bits per heavy atom. The number of nitrogens with zero attached hydrogens (tertiary/aromatic N) is 2. The van der Waals surface area contributed by atoms with Crippen LogP contribution in [0.25, 0.3) is 44.2 Å². The molecule has 0 amide bonds. The van der Waals surface area contributed by atoms with Gasteiger partial charge in [0.25, 0.3) is 0 Å². The summed E-state index contributed by atoms with van der Waals surface area (Å²) in [5.41, 5.74) is 5.58. The summed E-state index contributed by atoms with van der Waals surface area (Å²) in [5.74, 6) is 0. The first kappa shape index (κ1) is 16.8. The molecule has 0 spiro atoms. The van der Waals surface area contributed by atoms with Gasteiger partial charge in [0.05, 0.1) is 19.1 Å². The summed E-state index contributed by atoms with van der Waals surface area (Å²) in [6.45, 7) is 0. The van der Waals surface area contributed by atoms with E-state index in [4.69, 9.17) is 17.2 Å². The van der Waals surface area contributed by atoms with Crippen LogP contribution in [-0.4, -0.2) is 17.8 Å². The molecule has 138 valence electrons. The van der Waals surface area contributed by atoms with Crippen molar-refractivity contribution in [2.24, 2.45) is 0 Å². The molecule has 0 saturated heterocycles. The molecule has 3 heterocycles. The monoisotopic (exact) mass is 374 g/mol. The highest BCUT2D eigenvalue weighted by Crippen LogP contribution is 2.39. The summed E-state index contributed by atoms with van der Waals surface area (Å²) in [6, 6.07) is 20.7. The summed E-state index contributed by atoms with van der Waals surface area (Å²) in [7, 11) is 6.66. The van der Waals surface area contributed by atoms with Crippen LogP contribution in [0.2, 0.25) is 0 Å². The Hall–Kier alpha value is -3.14. The predicted octanol–water partition coefficient (Wildman–Crippen LogP) is 6.13. The molecule has 4 heteroatoms. The number of rotatable bonds is 2. The van der Waals surface area contributed by atoms with Crippen LogP contribution in [0, 0.1) is 0 Å². The van der Waals surface area contributed by atoms with Gasteiger partial charge in [-0.2, -0.15) is 0 Å². The molecule has 1 aliphatic rings. The van der Waals surface area contributed by atoms with Crippen LogP contribution < -0.4 is 0 Å². The smallest absolute Gasteiger partial charge is 0.227 e. The molecule has 1 aliphatic carbocycles. The molecule has 5 aromatic rings. The van der Waals surface area contributed by atoms with Crippen LogP contribution >= 0.6 is 0 Å². The second-order valence-corrected chi connectivity index (χ2v) is 8.14. The Balaban J connectivity index is 1.49. The van der Waals surface area contributed by atoms with E-state index in [-0.39, 0.29) is 5.31 Å². The lowest BCUT2D eigenvalue weighted by Crippen LogP contribution is -2.21. The highest BCUT2D eigenvalue weighted by molar-refractivity contribution is 6.16. The number of fused-ring (bicyclic) bond motifs is 4. The Labute approximate surface area is 170 Å². The Morgan fingerprint density at radius 3 is 2.66 bits per heavy atom. The van der Waals surface area contributed by atoms with Gasteiger partial charge in [-0.3, -0.25) is 4.98 Å². The van der Waals surface area contributed by atoms with E-state index in [0.29, 0.717) is 5.71 Å². The maximum absolute atomic E-state index is 6.66. The number of aromatic nitrogens is 2. The lowest BCUT2D eigenvalue weighted by Gasteiger charge is -2.25. The van der Waals surface area contributed by atoms with Crippen molar-refractivity contribution in [2.45, 2.75) is 31.0 Å². The van der Waals surface area contributed by atoms with Crippen molar-refractivity contribution < 1.29 is 4.42 Å². The van der Waals surface area contributed by atoms with E-state index < -0.39 is 0 Å². The van der Waals surface area contributed by atoms with Crippen LogP contribution in [0.15, 0.2) is 71.3 Å². The molecule has 0 N–H and O–H groups in total. The number of para-hydroxylation sites is 1. The van der Waals surface area contributed by atoms with Crippen LogP contribution in [0.1, 0.15) is 31.2 Å². The van der Waals surface area contributed by atoms with E-state index in [1.807, 2.05) is 24.4 Å². The summed E-state index contributed by atoms with van der Waals surface area (Å²) >= 11 is 0. The zero-order chi connectivity index (χ0) is 19.4. The summed E-state index contributed by atoms with van der Waals surface area (Å²) in [4.78, 5) is 9.30. The maximum Gasteiger partial charge on any atom is 0.227 e. The minimum atomic E-state index is -0.217. The first-order valence-electron chi connectivity index (χ1n) is 10.2. The van der Waals surface area contributed by atoms with Crippen molar-refractivity contribution in [3.05, 3.63) is 72.4 Å². The van der Waals surface area contributed by atoms with Crippen LogP contribution in [0.4, 0.5) is 0 Å². The Morgan fingerprint density at radius 1 is 0.897 bits per heavy atom. The van der Waals surface area contributed by atoms with Crippen molar-refractivity contribution in [3.8, 4) is 11.3 Å². The standard InChI is InChI=1S/C25H19BN2O/c26-25(10-3-4-11-25)18-9-12-27-22(15-18)17-7-8-19-20-13-16-5-1-2-6-21(16)28-24(20)29-23(19)14-17/h1-2,5-9,12-15H,3-4,10-11H2. The summed E-state index contributed by atoms with van der Waals surface area (Å²) in [5, 5.41) is 3.01. The molecule has 6 rings (SSSR count). The first-order valence-corrected chi connectivity index (χ1v) is 10.2. The third kappa shape index (κ3) is 2.66. The Bertz CT molecular complexity index is 1380. The van der Waals surface area contributed by atoms with E-state index in [1.54, 1.807) is 0 Å². The topological polar surface area (TPSA) is 38.9 Å². The van der Waals surface area contributed by atoms with Crippen molar-refractivity contribution in [3.63, 3.8) is 0 Å². The molecule has 0 atom stereocenters. The van der Waals surface area contributed by atoms with Gasteiger partial charge in [0.2, 0.25) is 5.71 Å². The number of hydrogen-bond donors (Lipinski definition) is 0. The molecule has 2 radical (unpaired) electrons. The van der Waals surface area contributed by atoms with Crippen molar-refractivity contribution in [1.29, 1.82) is 0 Å². The number of benzene rings is 2. The Kier molecular flexibility index (Phi) is 3.58. The molecule has 0 bridgehead atoms. The average molecular weight is 374 g/mol. The first-order chi connectivity index (χ1) is 14.2. The van der Waals surface area contributed by atoms with Crippen molar-refractivity contribution in [2.75, 3.05) is 0 Å². The predicted molar refractivity (Wildman–Crippen MR) is 118 cm³/mol. The second-order valence-electron chi connectivity index (χ2n) is 8.14. The van der Waals surface area contributed by atoms with Gasteiger partial charge >= 0.3 is 0 Å². The van der Waals surface area contributed by atoms with Crippen LogP contribution in [0.3, 0.4) is 0 Å². The molecule has 0 aliphatic heterocycles. The average Bonchev–Trinajstić information content (AvgIpc) is 3.36. The second kappa shape index (κ2) is 6.18. The molecular formula is C25H19BN2O. The minimum absolute atomic E-state index is 0.217. The van der Waals surface area contributed by atoms with Crippen molar-refractivity contribution in [1.82, 2.24) is 9.97 Å². The molecule has 1 fully saturated rings. The molecule has 3 nitrogen and oxygen atoms in total. The third-order valence-corrected chi connectivity index (χ3v) is 6.29. The van der Waals surface area contributed by atoms with Gasteiger partial charge < -0.3 is 4.42 Å². The normalized spacial score (nSPS) is 16.1. The highest BCUT2D eigenvalue weighted by Gasteiger charge is 2.30. The lowest BCUT2D eigenvalue weighted by atomic mass is 9.63. The summed E-state index contributed by atoms with van der Waals surface area (Å²) in [6.07, 6.45) is 6.34. The van der Waals surface area contributed by atoms with Crippen LogP contribution in [0.5, 0.6) is 0 Å². The fourth-order valence-corrected chi connectivity index (χ4v) is 4.65.